The third kappa shape index (κ3) is 2.79. The van der Waals surface area contributed by atoms with Gasteiger partial charge in [-0.3, -0.25) is 4.79 Å². The van der Waals surface area contributed by atoms with E-state index in [0.717, 1.165) is 0 Å². The fourth-order valence-corrected chi connectivity index (χ4v) is 1.94. The molecule has 4 heteroatoms. The molecule has 2 rings (SSSR count). The van der Waals surface area contributed by atoms with Crippen molar-refractivity contribution in [2.75, 3.05) is 13.7 Å². The number of carbonyl (C=O) groups is 1. The maximum atomic E-state index is 13.4. The van der Waals surface area contributed by atoms with Crippen molar-refractivity contribution in [1.29, 1.82) is 0 Å². The van der Waals surface area contributed by atoms with E-state index in [1.54, 1.807) is 24.3 Å². The molecule has 0 amide bonds. The minimum Gasteiger partial charge on any atom is -0.496 e. The van der Waals surface area contributed by atoms with E-state index >= 15 is 0 Å². The van der Waals surface area contributed by atoms with Crippen LogP contribution in [0.15, 0.2) is 42.5 Å². The Morgan fingerprint density at radius 3 is 2.55 bits per heavy atom. The van der Waals surface area contributed by atoms with Gasteiger partial charge in [0.2, 0.25) is 5.78 Å². The lowest BCUT2D eigenvalue weighted by molar-refractivity contribution is 0.103. The molecule has 0 aliphatic carbocycles. The quantitative estimate of drug-likeness (QED) is 0.783. The molecule has 0 aromatic heterocycles. The lowest BCUT2D eigenvalue weighted by atomic mass is 10.0. The fourth-order valence-electron chi connectivity index (χ4n) is 1.94. The normalized spacial score (nSPS) is 10.2. The standard InChI is InChI=1S/C16H15FO3/c1-3-20-15-7-5-4-6-12(15)16(18)13-10-11(17)8-9-14(13)19-2/h4-10H,3H2,1-2H3. The molecule has 2 aromatic rings. The van der Waals surface area contributed by atoms with Gasteiger partial charge in [-0.25, -0.2) is 4.39 Å². The maximum Gasteiger partial charge on any atom is 0.200 e. The molecule has 0 aliphatic rings. The third-order valence-corrected chi connectivity index (χ3v) is 2.84. The fraction of sp³-hybridized carbons (Fsp3) is 0.188. The van der Waals surface area contributed by atoms with Gasteiger partial charge in [-0.2, -0.15) is 0 Å². The Morgan fingerprint density at radius 1 is 1.10 bits per heavy atom. The summed E-state index contributed by atoms with van der Waals surface area (Å²) in [5.74, 6) is 0.00227. The van der Waals surface area contributed by atoms with Gasteiger partial charge in [0.05, 0.1) is 24.8 Å². The summed E-state index contributed by atoms with van der Waals surface area (Å²) in [6.45, 7) is 2.29. The number of hydrogen-bond donors (Lipinski definition) is 0. The highest BCUT2D eigenvalue weighted by Gasteiger charge is 2.18. The van der Waals surface area contributed by atoms with E-state index in [0.29, 0.717) is 23.7 Å². The third-order valence-electron chi connectivity index (χ3n) is 2.84. The molecular weight excluding hydrogens is 259 g/mol. The smallest absolute Gasteiger partial charge is 0.200 e. The van der Waals surface area contributed by atoms with E-state index in [9.17, 15) is 9.18 Å². The van der Waals surface area contributed by atoms with Crippen molar-refractivity contribution in [3.05, 3.63) is 59.4 Å². The molecular formula is C16H15FO3. The molecule has 0 saturated heterocycles. The van der Waals surface area contributed by atoms with Crippen LogP contribution in [0, 0.1) is 5.82 Å². The van der Waals surface area contributed by atoms with Crippen molar-refractivity contribution in [2.24, 2.45) is 0 Å². The average molecular weight is 274 g/mol. The summed E-state index contributed by atoms with van der Waals surface area (Å²) < 4.78 is 23.9. The first-order valence-electron chi connectivity index (χ1n) is 6.27. The first-order chi connectivity index (χ1) is 9.67. The van der Waals surface area contributed by atoms with Crippen molar-refractivity contribution in [3.8, 4) is 11.5 Å². The number of ether oxygens (including phenoxy) is 2. The van der Waals surface area contributed by atoms with Gasteiger partial charge in [0, 0.05) is 0 Å². The second kappa shape index (κ2) is 6.19. The van der Waals surface area contributed by atoms with E-state index < -0.39 is 5.82 Å². The largest absolute Gasteiger partial charge is 0.496 e. The Balaban J connectivity index is 2.49. The molecule has 0 atom stereocenters. The van der Waals surface area contributed by atoms with Gasteiger partial charge in [0.1, 0.15) is 17.3 Å². The van der Waals surface area contributed by atoms with Gasteiger partial charge in [-0.1, -0.05) is 12.1 Å². The second-order valence-electron chi connectivity index (χ2n) is 4.10. The highest BCUT2D eigenvalue weighted by Crippen LogP contribution is 2.27. The molecule has 20 heavy (non-hydrogen) atoms. The molecule has 0 unspecified atom stereocenters. The predicted octanol–water partition coefficient (Wildman–Crippen LogP) is 3.46. The van der Waals surface area contributed by atoms with Gasteiger partial charge in [0.15, 0.2) is 0 Å². The molecule has 0 N–H and O–H groups in total. The molecule has 0 heterocycles. The van der Waals surface area contributed by atoms with Crippen LogP contribution >= 0.6 is 0 Å². The van der Waals surface area contributed by atoms with Crippen LogP contribution in [-0.2, 0) is 0 Å². The molecule has 3 nitrogen and oxygen atoms in total. The first-order valence-corrected chi connectivity index (χ1v) is 6.27. The van der Waals surface area contributed by atoms with Gasteiger partial charge >= 0.3 is 0 Å². The summed E-state index contributed by atoms with van der Waals surface area (Å²) >= 11 is 0. The molecule has 0 radical (unpaired) electrons. The Kier molecular flexibility index (Phi) is 4.35. The number of carbonyl (C=O) groups excluding carboxylic acids is 1. The second-order valence-corrected chi connectivity index (χ2v) is 4.10. The Hall–Kier alpha value is -2.36. The zero-order valence-electron chi connectivity index (χ0n) is 11.4. The molecule has 0 bridgehead atoms. The molecule has 104 valence electrons. The van der Waals surface area contributed by atoms with Crippen LogP contribution < -0.4 is 9.47 Å². The number of halogens is 1. The molecule has 0 saturated carbocycles. The highest BCUT2D eigenvalue weighted by atomic mass is 19.1. The maximum absolute atomic E-state index is 13.4. The average Bonchev–Trinajstić information content (AvgIpc) is 2.47. The van der Waals surface area contributed by atoms with Gasteiger partial charge < -0.3 is 9.47 Å². The van der Waals surface area contributed by atoms with Crippen LogP contribution in [0.3, 0.4) is 0 Å². The Bertz CT molecular complexity index is 623. The minimum absolute atomic E-state index is 0.180. The monoisotopic (exact) mass is 274 g/mol. The summed E-state index contributed by atoms with van der Waals surface area (Å²) in [5.41, 5.74) is 0.568. The summed E-state index contributed by atoms with van der Waals surface area (Å²) in [5, 5.41) is 0. The SMILES string of the molecule is CCOc1ccccc1C(=O)c1cc(F)ccc1OC. The van der Waals surface area contributed by atoms with Crippen LogP contribution in [0.4, 0.5) is 4.39 Å². The van der Waals surface area contributed by atoms with E-state index in [1.165, 1.54) is 25.3 Å². The van der Waals surface area contributed by atoms with Gasteiger partial charge in [-0.05, 0) is 37.3 Å². The molecule has 0 fully saturated rings. The Labute approximate surface area is 117 Å². The Morgan fingerprint density at radius 2 is 1.85 bits per heavy atom. The number of para-hydroxylation sites is 1. The van der Waals surface area contributed by atoms with Crippen LogP contribution in [0.1, 0.15) is 22.8 Å². The highest BCUT2D eigenvalue weighted by molar-refractivity contribution is 6.12. The zero-order valence-corrected chi connectivity index (χ0v) is 11.4. The zero-order chi connectivity index (χ0) is 14.5. The number of rotatable bonds is 5. The van der Waals surface area contributed by atoms with Crippen molar-refractivity contribution in [1.82, 2.24) is 0 Å². The van der Waals surface area contributed by atoms with Crippen molar-refractivity contribution < 1.29 is 18.7 Å². The number of hydrogen-bond acceptors (Lipinski definition) is 3. The summed E-state index contributed by atoms with van der Waals surface area (Å²) in [7, 11) is 1.44. The van der Waals surface area contributed by atoms with Crippen molar-refractivity contribution in [3.63, 3.8) is 0 Å². The molecule has 0 aliphatic heterocycles. The van der Waals surface area contributed by atoms with E-state index in [2.05, 4.69) is 0 Å². The van der Waals surface area contributed by atoms with E-state index in [4.69, 9.17) is 9.47 Å². The van der Waals surface area contributed by atoms with Crippen molar-refractivity contribution >= 4 is 5.78 Å². The van der Waals surface area contributed by atoms with Gasteiger partial charge in [-0.15, -0.1) is 0 Å². The van der Waals surface area contributed by atoms with E-state index in [1.807, 2.05) is 6.92 Å². The summed E-state index contributed by atoms with van der Waals surface area (Å²) in [6, 6.07) is 10.7. The lowest BCUT2D eigenvalue weighted by Gasteiger charge is -2.11. The first kappa shape index (κ1) is 14.1. The van der Waals surface area contributed by atoms with Crippen LogP contribution in [-0.4, -0.2) is 19.5 Å². The predicted molar refractivity (Wildman–Crippen MR) is 74.0 cm³/mol. The van der Waals surface area contributed by atoms with Crippen LogP contribution in [0.25, 0.3) is 0 Å². The number of ketones is 1. The van der Waals surface area contributed by atoms with Crippen molar-refractivity contribution in [2.45, 2.75) is 6.92 Å². The molecule has 0 spiro atoms. The summed E-state index contributed by atoms with van der Waals surface area (Å²) in [4.78, 5) is 12.5. The topological polar surface area (TPSA) is 35.5 Å². The number of methoxy groups -OCH3 is 1. The van der Waals surface area contributed by atoms with Crippen LogP contribution in [0.5, 0.6) is 11.5 Å². The number of benzene rings is 2. The van der Waals surface area contributed by atoms with Crippen LogP contribution in [0.2, 0.25) is 0 Å². The lowest BCUT2D eigenvalue weighted by Crippen LogP contribution is -2.07. The van der Waals surface area contributed by atoms with E-state index in [-0.39, 0.29) is 11.3 Å². The van der Waals surface area contributed by atoms with Gasteiger partial charge in [0.25, 0.3) is 0 Å². The molecule has 2 aromatic carbocycles. The minimum atomic E-state index is -0.483. The summed E-state index contributed by atoms with van der Waals surface area (Å²) in [6.07, 6.45) is 0.